The number of phenols is 1. The summed E-state index contributed by atoms with van der Waals surface area (Å²) in [5.74, 6) is -2.86. The van der Waals surface area contributed by atoms with Crippen LogP contribution < -0.4 is 20.5 Å². The van der Waals surface area contributed by atoms with E-state index in [1.54, 1.807) is 18.3 Å². The van der Waals surface area contributed by atoms with Gasteiger partial charge in [-0.15, -0.1) is 0 Å². The number of phenolic OH excluding ortho intramolecular Hbond substituents is 1. The number of carboxylic acids is 1. The maximum Gasteiger partial charge on any atom is 0.337 e. The summed E-state index contributed by atoms with van der Waals surface area (Å²) in [6.45, 7) is 4.19. The minimum absolute atomic E-state index is 0.0359. The number of aryl methyl sites for hydroxylation is 2. The van der Waals surface area contributed by atoms with E-state index in [0.29, 0.717) is 22.0 Å². The normalized spacial score (nSPS) is 24.4. The largest absolute Gasteiger partial charge is 0.508 e. The molecule has 1 fully saturated rings. The monoisotopic (exact) mass is 756 g/mol. The Morgan fingerprint density at radius 3 is 2.42 bits per heavy atom. The van der Waals surface area contributed by atoms with Crippen molar-refractivity contribution in [3.8, 4) is 22.6 Å². The van der Waals surface area contributed by atoms with Crippen LogP contribution in [0.5, 0.6) is 11.5 Å². The molecule has 16 heteroatoms. The Labute approximate surface area is 312 Å². The molecule has 16 nitrogen and oxygen atoms in total. The van der Waals surface area contributed by atoms with Crippen molar-refractivity contribution in [2.24, 2.45) is 4.99 Å². The van der Waals surface area contributed by atoms with Crippen molar-refractivity contribution < 1.29 is 63.7 Å². The number of aliphatic hydroxyl groups excluding tert-OH is 3. The number of esters is 1. The second-order valence-electron chi connectivity index (χ2n) is 13.4. The second-order valence-corrected chi connectivity index (χ2v) is 13.4. The van der Waals surface area contributed by atoms with Gasteiger partial charge in [-0.1, -0.05) is 29.3 Å². The van der Waals surface area contributed by atoms with Crippen LogP contribution in [0.4, 0.5) is 0 Å². The van der Waals surface area contributed by atoms with E-state index in [9.17, 15) is 39.9 Å². The number of aliphatic hydroxyl groups is 3. The van der Waals surface area contributed by atoms with Crippen LogP contribution in [0.25, 0.3) is 27.8 Å². The standard InChI is InChI=1S/C39H37N3O13/c1-18-12-19(2)14-22(13-18)30-28-21(10-11-41-28)16-42(30)55-35-33(46)32(45)34(38(50)54-37(49)29(40-3)36(47)48)53-39(35)52-24-8-9-25-27(15-24)51-17-26(31(25)44)20-4-6-23(43)7-5-20/h4-15,17,29,32-35,38-40,43,45-46,50H,16H2,1-3H3,(H,47,48)/p+1/t29-,32-,33-,34-,35+,38+,39+/m1/s1. The quantitative estimate of drug-likeness (QED) is 0.0636. The number of ether oxygens (including phenoxy) is 3. The van der Waals surface area contributed by atoms with Crippen LogP contribution in [0.2, 0.25) is 0 Å². The van der Waals surface area contributed by atoms with Gasteiger partial charge >= 0.3 is 11.9 Å². The molecule has 55 heavy (non-hydrogen) atoms. The molecule has 3 aliphatic heterocycles. The van der Waals surface area contributed by atoms with Gasteiger partial charge in [-0.05, 0) is 68.9 Å². The SMILES string of the molecule is CN[C@H](C(=O)O)C(=O)O[C@H](O)[C@@H]1O[C@H](Oc2ccc3c(=O)c(-c4ccc(O)cc4)coc3c2)[C@@H](O[NH+]2CC3=CC=NC3=C2c2cc(C)cc(C)c2)[C@H](O)[C@H]1O. The highest BCUT2D eigenvalue weighted by Gasteiger charge is 2.53. The van der Waals surface area contributed by atoms with Crippen LogP contribution in [-0.2, 0) is 23.9 Å². The molecule has 0 saturated carbocycles. The molecule has 0 amide bonds. The Balaban J connectivity index is 1.22. The Hall–Kier alpha value is -5.72. The molecule has 4 aromatic rings. The van der Waals surface area contributed by atoms with Crippen molar-refractivity contribution in [3.05, 3.63) is 111 Å². The summed E-state index contributed by atoms with van der Waals surface area (Å²) < 4.78 is 22.9. The van der Waals surface area contributed by atoms with E-state index in [1.807, 2.05) is 38.1 Å². The third kappa shape index (κ3) is 7.39. The molecule has 0 aliphatic carbocycles. The first-order chi connectivity index (χ1) is 26.3. The van der Waals surface area contributed by atoms with Gasteiger partial charge < -0.3 is 44.2 Å². The van der Waals surface area contributed by atoms with Gasteiger partial charge in [0, 0.05) is 23.4 Å². The zero-order valence-corrected chi connectivity index (χ0v) is 29.7. The number of fused-ring (bicyclic) bond motifs is 2. The predicted octanol–water partition coefficient (Wildman–Crippen LogP) is 0.720. The highest BCUT2D eigenvalue weighted by atomic mass is 16.8. The second kappa shape index (κ2) is 15.2. The highest BCUT2D eigenvalue weighted by molar-refractivity contribution is 5.98. The number of likely N-dealkylation sites (N-methyl/N-ethyl adjacent to an activating group) is 1. The van der Waals surface area contributed by atoms with Crippen molar-refractivity contribution in [2.75, 3.05) is 13.6 Å². The summed E-state index contributed by atoms with van der Waals surface area (Å²) in [7, 11) is 1.20. The lowest BCUT2D eigenvalue weighted by Gasteiger charge is -2.42. The molecule has 4 heterocycles. The van der Waals surface area contributed by atoms with Gasteiger partial charge in [-0.25, -0.2) is 14.6 Å². The fourth-order valence-electron chi connectivity index (χ4n) is 6.88. The number of aliphatic imine (C=N–C) groups is 1. The average Bonchev–Trinajstić information content (AvgIpc) is 3.73. The first-order valence-corrected chi connectivity index (χ1v) is 17.2. The Kier molecular flexibility index (Phi) is 10.4. The fourth-order valence-corrected chi connectivity index (χ4v) is 6.88. The number of hydroxylamine groups is 2. The lowest BCUT2D eigenvalue weighted by atomic mass is 9.98. The van der Waals surface area contributed by atoms with Gasteiger partial charge in [-0.2, -0.15) is 9.90 Å². The summed E-state index contributed by atoms with van der Waals surface area (Å²) in [4.78, 5) is 48.5. The van der Waals surface area contributed by atoms with E-state index < -0.39 is 55.0 Å². The minimum Gasteiger partial charge on any atom is -0.508 e. The number of rotatable bonds is 11. The molecule has 8 atom stereocenters. The smallest absolute Gasteiger partial charge is 0.337 e. The van der Waals surface area contributed by atoms with E-state index in [0.717, 1.165) is 22.3 Å². The summed E-state index contributed by atoms with van der Waals surface area (Å²) in [5.41, 5.74) is 5.54. The number of nitrogens with one attached hydrogen (secondary N) is 2. The van der Waals surface area contributed by atoms with E-state index in [2.05, 4.69) is 10.3 Å². The predicted molar refractivity (Wildman–Crippen MR) is 194 cm³/mol. The molecule has 1 unspecified atom stereocenters. The van der Waals surface area contributed by atoms with Crippen molar-refractivity contribution in [3.63, 3.8) is 0 Å². The van der Waals surface area contributed by atoms with E-state index in [-0.39, 0.29) is 40.0 Å². The Bertz CT molecular complexity index is 2280. The zero-order valence-electron chi connectivity index (χ0n) is 29.7. The number of allylic oxidation sites excluding steroid dienone is 1. The van der Waals surface area contributed by atoms with Crippen LogP contribution >= 0.6 is 0 Å². The highest BCUT2D eigenvalue weighted by Crippen LogP contribution is 2.33. The molecule has 286 valence electrons. The van der Waals surface area contributed by atoms with E-state index in [1.165, 1.54) is 43.6 Å². The number of aromatic hydroxyl groups is 1. The van der Waals surface area contributed by atoms with Gasteiger partial charge in [0.05, 0.1) is 10.9 Å². The lowest BCUT2D eigenvalue weighted by molar-refractivity contribution is -1.04. The first-order valence-electron chi connectivity index (χ1n) is 17.2. The van der Waals surface area contributed by atoms with Crippen molar-refractivity contribution in [1.29, 1.82) is 0 Å². The number of carbonyl (C=O) groups is 2. The number of aliphatic carboxylic acids is 1. The molecular formula is C39H38N3O13+. The Morgan fingerprint density at radius 1 is 1.00 bits per heavy atom. The molecule has 0 spiro atoms. The Morgan fingerprint density at radius 2 is 1.73 bits per heavy atom. The molecule has 1 saturated heterocycles. The van der Waals surface area contributed by atoms with Crippen LogP contribution in [0.15, 0.2) is 98.5 Å². The van der Waals surface area contributed by atoms with Gasteiger partial charge in [0.2, 0.25) is 24.7 Å². The maximum atomic E-state index is 13.4. The van der Waals surface area contributed by atoms with Crippen molar-refractivity contribution in [1.82, 2.24) is 5.32 Å². The number of hydrogen-bond acceptors (Lipinski definition) is 14. The molecular weight excluding hydrogens is 718 g/mol. The number of hydrogen-bond donors (Lipinski definition) is 7. The van der Waals surface area contributed by atoms with Gasteiger partial charge in [0.25, 0.3) is 0 Å². The number of quaternary nitrogens is 1. The summed E-state index contributed by atoms with van der Waals surface area (Å²) in [5, 5.41) is 55.7. The molecule has 7 N–H and O–H groups in total. The van der Waals surface area contributed by atoms with Gasteiger partial charge in [0.15, 0.2) is 17.2 Å². The summed E-state index contributed by atoms with van der Waals surface area (Å²) in [6, 6.07) is 14.5. The summed E-state index contributed by atoms with van der Waals surface area (Å²) >= 11 is 0. The molecule has 3 aromatic carbocycles. The fraction of sp³-hybridized carbons (Fsp3) is 0.282. The average molecular weight is 757 g/mol. The minimum atomic E-state index is -2.27. The summed E-state index contributed by atoms with van der Waals surface area (Å²) in [6.07, 6.45) is -6.18. The number of carboxylic acid groups (broad SMARTS) is 1. The van der Waals surface area contributed by atoms with Crippen molar-refractivity contribution in [2.45, 2.75) is 56.9 Å². The molecule has 1 aromatic heterocycles. The van der Waals surface area contributed by atoms with E-state index >= 15 is 0 Å². The number of nitrogens with zero attached hydrogens (tertiary/aromatic N) is 1. The first kappa shape index (κ1) is 37.6. The van der Waals surface area contributed by atoms with Crippen LogP contribution in [0, 0.1) is 13.8 Å². The van der Waals surface area contributed by atoms with Crippen LogP contribution in [0.1, 0.15) is 16.7 Å². The molecule has 0 bridgehead atoms. The topological polar surface area (TPSA) is 231 Å². The molecule has 3 aliphatic rings. The lowest BCUT2D eigenvalue weighted by Crippen LogP contribution is -3.08. The van der Waals surface area contributed by atoms with Gasteiger partial charge in [0.1, 0.15) is 47.8 Å². The van der Waals surface area contributed by atoms with Gasteiger partial charge in [-0.3, -0.25) is 10.1 Å². The zero-order chi connectivity index (χ0) is 39.1. The van der Waals surface area contributed by atoms with Crippen LogP contribution in [0.3, 0.4) is 0 Å². The maximum absolute atomic E-state index is 13.4. The third-order valence-corrected chi connectivity index (χ3v) is 9.49. The third-order valence-electron chi connectivity index (χ3n) is 9.49. The number of carbonyl (C=O) groups excluding carboxylic acids is 1. The van der Waals surface area contributed by atoms with Crippen molar-refractivity contribution >= 4 is 34.8 Å². The van der Waals surface area contributed by atoms with E-state index in [4.69, 9.17) is 23.5 Å². The molecule has 7 rings (SSSR count). The van der Waals surface area contributed by atoms with Crippen LogP contribution in [-0.4, -0.2) is 100 Å². The molecule has 0 radical (unpaired) electrons. The number of benzene rings is 3.